The van der Waals surface area contributed by atoms with E-state index >= 15 is 0 Å². The normalized spacial score (nSPS) is 10.6. The Bertz CT molecular complexity index is 1360. The van der Waals surface area contributed by atoms with Gasteiger partial charge in [-0.2, -0.15) is 10.2 Å². The molecule has 0 bridgehead atoms. The zero-order valence-electron chi connectivity index (χ0n) is 16.8. The number of carbonyl (C=O) groups excluding carboxylic acids is 2. The average molecular weight is 432 g/mol. The molecule has 0 fully saturated rings. The minimum Gasteiger partial charge on any atom is -0.322 e. The molecule has 0 aliphatic carbocycles. The van der Waals surface area contributed by atoms with Crippen molar-refractivity contribution in [3.05, 3.63) is 99.9 Å². The number of aromatic nitrogens is 4. The van der Waals surface area contributed by atoms with E-state index in [1.165, 1.54) is 47.3 Å². The number of hydrogen-bond acceptors (Lipinski definition) is 5. The summed E-state index contributed by atoms with van der Waals surface area (Å²) >= 11 is 0. The number of H-pyrrole nitrogens is 1. The molecule has 2 aromatic carbocycles. The number of rotatable bonds is 5. The lowest BCUT2D eigenvalue weighted by atomic mass is 10.1. The predicted octanol–water partition coefficient (Wildman–Crippen LogP) is 2.91. The molecule has 0 aliphatic heterocycles. The Hall–Kier alpha value is -4.60. The molecule has 0 saturated heterocycles. The lowest BCUT2D eigenvalue weighted by molar-refractivity contribution is 0.101. The van der Waals surface area contributed by atoms with Gasteiger partial charge in [0.05, 0.1) is 17.5 Å². The molecule has 10 heteroatoms. The van der Waals surface area contributed by atoms with Crippen molar-refractivity contribution >= 4 is 23.2 Å². The summed E-state index contributed by atoms with van der Waals surface area (Å²) in [5.41, 5.74) is 1.48. The second kappa shape index (κ2) is 8.64. The van der Waals surface area contributed by atoms with Gasteiger partial charge in [-0.05, 0) is 49.4 Å². The van der Waals surface area contributed by atoms with Crippen LogP contribution in [0.5, 0.6) is 0 Å². The maximum absolute atomic E-state index is 13.3. The van der Waals surface area contributed by atoms with Crippen LogP contribution >= 0.6 is 0 Å². The number of amides is 2. The monoisotopic (exact) mass is 432 g/mol. The molecule has 2 aromatic heterocycles. The first-order valence-corrected chi connectivity index (χ1v) is 9.50. The van der Waals surface area contributed by atoms with Gasteiger partial charge in [0.25, 0.3) is 17.4 Å². The summed E-state index contributed by atoms with van der Waals surface area (Å²) in [5.74, 6) is -0.977. The Kier molecular flexibility index (Phi) is 5.58. The summed E-state index contributed by atoms with van der Waals surface area (Å²) in [6.45, 7) is 1.69. The number of benzene rings is 2. The molecule has 4 rings (SSSR count). The summed E-state index contributed by atoms with van der Waals surface area (Å²) in [5, 5.41) is 15.7. The van der Waals surface area contributed by atoms with Crippen LogP contribution in [-0.4, -0.2) is 31.8 Å². The highest BCUT2D eigenvalue weighted by Gasteiger charge is 2.17. The first-order valence-electron chi connectivity index (χ1n) is 9.50. The fourth-order valence-corrected chi connectivity index (χ4v) is 3.02. The van der Waals surface area contributed by atoms with Gasteiger partial charge >= 0.3 is 0 Å². The lowest BCUT2D eigenvalue weighted by Crippen LogP contribution is -2.15. The van der Waals surface area contributed by atoms with Gasteiger partial charge in [-0.3, -0.25) is 14.4 Å². The molecule has 0 spiro atoms. The van der Waals surface area contributed by atoms with Crippen LogP contribution in [-0.2, 0) is 0 Å². The molecular weight excluding hydrogens is 415 g/mol. The molecule has 0 radical (unpaired) electrons. The highest BCUT2D eigenvalue weighted by atomic mass is 19.1. The fraction of sp³-hybridized carbons (Fsp3) is 0.0455. The number of aromatic amines is 1. The van der Waals surface area contributed by atoms with Crippen LogP contribution in [0.3, 0.4) is 0 Å². The Morgan fingerprint density at radius 1 is 0.969 bits per heavy atom. The van der Waals surface area contributed by atoms with Crippen LogP contribution in [0, 0.1) is 12.7 Å². The first kappa shape index (κ1) is 20.7. The van der Waals surface area contributed by atoms with E-state index in [-0.39, 0.29) is 11.1 Å². The molecule has 32 heavy (non-hydrogen) atoms. The van der Waals surface area contributed by atoms with Crippen molar-refractivity contribution in [2.45, 2.75) is 6.92 Å². The Labute approximate surface area is 180 Å². The third-order valence-electron chi connectivity index (χ3n) is 4.60. The van der Waals surface area contributed by atoms with E-state index in [1.54, 1.807) is 31.2 Å². The molecule has 3 N–H and O–H groups in total. The molecule has 0 aliphatic rings. The van der Waals surface area contributed by atoms with Gasteiger partial charge in [-0.15, -0.1) is 0 Å². The number of nitrogens with zero attached hydrogens (tertiary/aromatic N) is 3. The SMILES string of the molecule is Cc1c(C(=O)Nc2cccc(C(=O)Nc3cccc(F)c3)c2)cnn1-c1ccc(=O)[nH]n1. The summed E-state index contributed by atoms with van der Waals surface area (Å²) in [4.78, 5) is 36.4. The fourth-order valence-electron chi connectivity index (χ4n) is 3.02. The van der Waals surface area contributed by atoms with Crippen LogP contribution in [0.2, 0.25) is 0 Å². The summed E-state index contributed by atoms with van der Waals surface area (Å²) in [6.07, 6.45) is 1.39. The van der Waals surface area contributed by atoms with Crippen LogP contribution in [0.1, 0.15) is 26.4 Å². The van der Waals surface area contributed by atoms with Gasteiger partial charge in [-0.1, -0.05) is 12.1 Å². The minimum atomic E-state index is -0.461. The maximum atomic E-state index is 13.3. The Morgan fingerprint density at radius 3 is 2.41 bits per heavy atom. The van der Waals surface area contributed by atoms with E-state index in [0.29, 0.717) is 28.5 Å². The van der Waals surface area contributed by atoms with Gasteiger partial charge in [0.2, 0.25) is 0 Å². The quantitative estimate of drug-likeness (QED) is 0.448. The predicted molar refractivity (Wildman–Crippen MR) is 115 cm³/mol. The van der Waals surface area contributed by atoms with Crippen molar-refractivity contribution in [3.63, 3.8) is 0 Å². The van der Waals surface area contributed by atoms with Gasteiger partial charge in [0.1, 0.15) is 5.82 Å². The second-order valence-electron chi connectivity index (χ2n) is 6.83. The van der Waals surface area contributed by atoms with E-state index < -0.39 is 17.6 Å². The topological polar surface area (TPSA) is 122 Å². The number of anilines is 2. The number of hydrogen-bond donors (Lipinski definition) is 3. The lowest BCUT2D eigenvalue weighted by Gasteiger charge is -2.09. The van der Waals surface area contributed by atoms with E-state index in [9.17, 15) is 18.8 Å². The highest BCUT2D eigenvalue weighted by molar-refractivity contribution is 6.07. The van der Waals surface area contributed by atoms with E-state index in [0.717, 1.165) is 0 Å². The average Bonchev–Trinajstić information content (AvgIpc) is 3.16. The number of carbonyl (C=O) groups is 2. The Balaban J connectivity index is 1.50. The van der Waals surface area contributed by atoms with Crippen LogP contribution in [0.15, 0.2) is 71.7 Å². The van der Waals surface area contributed by atoms with Gasteiger partial charge in [-0.25, -0.2) is 14.2 Å². The summed E-state index contributed by atoms with van der Waals surface area (Å²) in [7, 11) is 0. The second-order valence-corrected chi connectivity index (χ2v) is 6.83. The van der Waals surface area contributed by atoms with Crippen molar-refractivity contribution < 1.29 is 14.0 Å². The molecular formula is C22H17FN6O3. The molecule has 0 saturated carbocycles. The maximum Gasteiger partial charge on any atom is 0.264 e. The molecule has 9 nitrogen and oxygen atoms in total. The van der Waals surface area contributed by atoms with Crippen LogP contribution < -0.4 is 16.2 Å². The molecule has 2 amide bonds. The van der Waals surface area contributed by atoms with Crippen molar-refractivity contribution in [2.24, 2.45) is 0 Å². The van der Waals surface area contributed by atoms with E-state index in [2.05, 4.69) is 25.9 Å². The first-order chi connectivity index (χ1) is 15.4. The highest BCUT2D eigenvalue weighted by Crippen LogP contribution is 2.17. The minimum absolute atomic E-state index is 0.289. The molecule has 0 unspecified atom stereocenters. The summed E-state index contributed by atoms with van der Waals surface area (Å²) < 4.78 is 14.7. The van der Waals surface area contributed by atoms with Crippen molar-refractivity contribution in [1.82, 2.24) is 20.0 Å². The smallest absolute Gasteiger partial charge is 0.264 e. The zero-order chi connectivity index (χ0) is 22.7. The third-order valence-corrected chi connectivity index (χ3v) is 4.60. The molecule has 160 valence electrons. The van der Waals surface area contributed by atoms with Crippen molar-refractivity contribution in [1.29, 1.82) is 0 Å². The molecule has 4 aromatic rings. The van der Waals surface area contributed by atoms with Gasteiger partial charge in [0, 0.05) is 23.0 Å². The third kappa shape index (κ3) is 4.43. The number of nitrogens with one attached hydrogen (secondary N) is 3. The molecule has 0 atom stereocenters. The molecule has 2 heterocycles. The van der Waals surface area contributed by atoms with Gasteiger partial charge in [0.15, 0.2) is 5.82 Å². The zero-order valence-corrected chi connectivity index (χ0v) is 16.8. The van der Waals surface area contributed by atoms with Crippen molar-refractivity contribution in [3.8, 4) is 5.82 Å². The standard InChI is InChI=1S/C22H17FN6O3/c1-13-18(12-24-29(13)19-8-9-20(30)28-27-19)22(32)26-16-6-2-4-14(10-16)21(31)25-17-7-3-5-15(23)11-17/h2-12H,1H3,(H,25,31)(H,26,32)(H,28,30). The van der Waals surface area contributed by atoms with Crippen LogP contribution in [0.25, 0.3) is 5.82 Å². The van der Waals surface area contributed by atoms with Crippen molar-refractivity contribution in [2.75, 3.05) is 10.6 Å². The van der Waals surface area contributed by atoms with E-state index in [4.69, 9.17) is 0 Å². The Morgan fingerprint density at radius 2 is 1.69 bits per heavy atom. The van der Waals surface area contributed by atoms with Crippen LogP contribution in [0.4, 0.5) is 15.8 Å². The summed E-state index contributed by atoms with van der Waals surface area (Å²) in [6, 6.07) is 14.7. The van der Waals surface area contributed by atoms with E-state index in [1.807, 2.05) is 0 Å². The van der Waals surface area contributed by atoms with Gasteiger partial charge < -0.3 is 10.6 Å². The number of halogens is 1. The largest absolute Gasteiger partial charge is 0.322 e.